The third-order valence-electron chi connectivity index (χ3n) is 6.49. The first kappa shape index (κ1) is 21.0. The molecule has 1 saturated heterocycles. The van der Waals surface area contributed by atoms with Crippen LogP contribution in [0.3, 0.4) is 0 Å². The number of aromatic nitrogens is 1. The number of hydrogen-bond acceptors (Lipinski definition) is 2. The average Bonchev–Trinajstić information content (AvgIpc) is 3.18. The number of carbonyl (C=O) groups is 2. The van der Waals surface area contributed by atoms with Crippen LogP contribution < -0.4 is 0 Å². The highest BCUT2D eigenvalue weighted by Gasteiger charge is 2.35. The van der Waals surface area contributed by atoms with Crippen molar-refractivity contribution in [1.29, 1.82) is 0 Å². The molecule has 0 radical (unpaired) electrons. The van der Waals surface area contributed by atoms with E-state index < -0.39 is 0 Å². The van der Waals surface area contributed by atoms with Gasteiger partial charge in [0.25, 0.3) is 5.91 Å². The molecular weight excluding hydrogens is 410 g/mol. The van der Waals surface area contributed by atoms with E-state index in [0.717, 1.165) is 22.0 Å². The van der Waals surface area contributed by atoms with E-state index in [-0.39, 0.29) is 24.4 Å². The molecule has 1 aliphatic heterocycles. The molecule has 5 heteroatoms. The van der Waals surface area contributed by atoms with Crippen molar-refractivity contribution in [2.45, 2.75) is 19.0 Å². The maximum Gasteiger partial charge on any atom is 0.271 e. The van der Waals surface area contributed by atoms with Crippen molar-refractivity contribution in [3.63, 3.8) is 0 Å². The Balaban J connectivity index is 1.43. The molecule has 4 aromatic rings. The van der Waals surface area contributed by atoms with Crippen LogP contribution in [0.5, 0.6) is 0 Å². The normalized spacial score (nSPS) is 16.4. The number of para-hydroxylation sites is 1. The summed E-state index contributed by atoms with van der Waals surface area (Å²) in [5.41, 5.74) is 3.87. The number of fused-ring (bicyclic) bond motifs is 1. The average molecular weight is 438 g/mol. The molecule has 166 valence electrons. The highest BCUT2D eigenvalue weighted by atomic mass is 16.2. The van der Waals surface area contributed by atoms with Crippen LogP contribution in [-0.4, -0.2) is 45.3 Å². The van der Waals surface area contributed by atoms with Crippen molar-refractivity contribution in [2.24, 2.45) is 7.05 Å². The molecule has 0 unspecified atom stereocenters. The van der Waals surface area contributed by atoms with E-state index >= 15 is 0 Å². The Morgan fingerprint density at radius 3 is 2.21 bits per heavy atom. The van der Waals surface area contributed by atoms with E-state index in [1.54, 1.807) is 4.90 Å². The molecule has 5 rings (SSSR count). The first-order valence-electron chi connectivity index (χ1n) is 11.3. The van der Waals surface area contributed by atoms with E-state index in [1.807, 2.05) is 95.4 Å². The first-order valence-corrected chi connectivity index (χ1v) is 11.3. The number of carbonyl (C=O) groups excluding carboxylic acids is 2. The topological polar surface area (TPSA) is 45.6 Å². The molecule has 0 N–H and O–H groups in total. The molecule has 1 aliphatic rings. The minimum absolute atomic E-state index is 0.0156. The van der Waals surface area contributed by atoms with Gasteiger partial charge in [-0.15, -0.1) is 0 Å². The number of rotatable bonds is 5. The minimum atomic E-state index is -0.0977. The van der Waals surface area contributed by atoms with Gasteiger partial charge in [-0.2, -0.15) is 0 Å². The molecule has 0 aliphatic carbocycles. The summed E-state index contributed by atoms with van der Waals surface area (Å²) in [5.74, 6) is -0.113. The van der Waals surface area contributed by atoms with Gasteiger partial charge in [-0.3, -0.25) is 9.59 Å². The summed E-state index contributed by atoms with van der Waals surface area (Å²) in [6.45, 7) is 1.15. The molecule has 1 fully saturated rings. The summed E-state index contributed by atoms with van der Waals surface area (Å²) in [6.07, 6.45) is 0.707. The lowest BCUT2D eigenvalue weighted by atomic mass is 10.0. The van der Waals surface area contributed by atoms with Crippen LogP contribution in [0.4, 0.5) is 0 Å². The number of hydrogen-bond donors (Lipinski definition) is 0. The summed E-state index contributed by atoms with van der Waals surface area (Å²) < 4.78 is 1.92. The largest absolute Gasteiger partial charge is 0.340 e. The molecule has 33 heavy (non-hydrogen) atoms. The van der Waals surface area contributed by atoms with Gasteiger partial charge in [-0.25, -0.2) is 0 Å². The number of amides is 2. The molecule has 1 atom stereocenters. The van der Waals surface area contributed by atoms with Crippen LogP contribution >= 0.6 is 0 Å². The summed E-state index contributed by atoms with van der Waals surface area (Å²) in [5, 5.41) is 1.03. The van der Waals surface area contributed by atoms with Crippen LogP contribution in [0.25, 0.3) is 10.9 Å². The van der Waals surface area contributed by atoms with Crippen LogP contribution in [0.15, 0.2) is 91.0 Å². The lowest BCUT2D eigenvalue weighted by Gasteiger charge is -2.41. The van der Waals surface area contributed by atoms with E-state index in [4.69, 9.17) is 0 Å². The van der Waals surface area contributed by atoms with Gasteiger partial charge in [-0.05, 0) is 29.7 Å². The van der Waals surface area contributed by atoms with Crippen molar-refractivity contribution < 1.29 is 9.59 Å². The van der Waals surface area contributed by atoms with Crippen LogP contribution in [0.1, 0.15) is 21.6 Å². The standard InChI is InChI=1S/C28H27N3O2/c1-29-25-15-9-8-14-23(25)17-26(29)28(33)30-19-24(16-21-10-4-2-5-11-21)31(27(32)20-30)18-22-12-6-3-7-13-22/h2-15,17,24H,16,18-20H2,1H3/t24-/m0/s1. The van der Waals surface area contributed by atoms with E-state index in [0.29, 0.717) is 25.2 Å². The molecule has 2 heterocycles. The molecule has 1 aromatic heterocycles. The number of nitrogens with zero attached hydrogens (tertiary/aromatic N) is 3. The minimum Gasteiger partial charge on any atom is -0.340 e. The molecule has 5 nitrogen and oxygen atoms in total. The fourth-order valence-electron chi connectivity index (χ4n) is 4.74. The fourth-order valence-corrected chi connectivity index (χ4v) is 4.74. The zero-order chi connectivity index (χ0) is 22.8. The van der Waals surface area contributed by atoms with Crippen LogP contribution in [-0.2, 0) is 24.8 Å². The quantitative estimate of drug-likeness (QED) is 0.468. The van der Waals surface area contributed by atoms with Gasteiger partial charge in [-0.1, -0.05) is 78.9 Å². The predicted octanol–water partition coefficient (Wildman–Crippen LogP) is 4.27. The zero-order valence-corrected chi connectivity index (χ0v) is 18.7. The lowest BCUT2D eigenvalue weighted by Crippen LogP contribution is -2.58. The van der Waals surface area contributed by atoms with Crippen molar-refractivity contribution in [3.05, 3.63) is 108 Å². The maximum absolute atomic E-state index is 13.5. The summed E-state index contributed by atoms with van der Waals surface area (Å²) in [7, 11) is 1.91. The Morgan fingerprint density at radius 1 is 0.879 bits per heavy atom. The second-order valence-electron chi connectivity index (χ2n) is 8.68. The molecule has 3 aromatic carbocycles. The van der Waals surface area contributed by atoms with Crippen LogP contribution in [0, 0.1) is 0 Å². The summed E-state index contributed by atoms with van der Waals surface area (Å²) in [4.78, 5) is 30.5. The highest BCUT2D eigenvalue weighted by Crippen LogP contribution is 2.23. The van der Waals surface area contributed by atoms with Gasteiger partial charge >= 0.3 is 0 Å². The lowest BCUT2D eigenvalue weighted by molar-refractivity contribution is -0.139. The van der Waals surface area contributed by atoms with E-state index in [1.165, 1.54) is 0 Å². The Hall–Kier alpha value is -3.86. The van der Waals surface area contributed by atoms with Gasteiger partial charge in [0, 0.05) is 31.0 Å². The number of aryl methyl sites for hydroxylation is 1. The van der Waals surface area contributed by atoms with Gasteiger partial charge in [0.2, 0.25) is 5.91 Å². The highest BCUT2D eigenvalue weighted by molar-refractivity contribution is 6.00. The van der Waals surface area contributed by atoms with Gasteiger partial charge < -0.3 is 14.4 Å². The predicted molar refractivity (Wildman–Crippen MR) is 130 cm³/mol. The van der Waals surface area contributed by atoms with Crippen molar-refractivity contribution in [2.75, 3.05) is 13.1 Å². The van der Waals surface area contributed by atoms with Crippen molar-refractivity contribution >= 4 is 22.7 Å². The Labute approximate surface area is 193 Å². The Morgan fingerprint density at radius 2 is 1.52 bits per heavy atom. The van der Waals surface area contributed by atoms with Gasteiger partial charge in [0.1, 0.15) is 12.2 Å². The SMILES string of the molecule is Cn1c(C(=O)N2CC(=O)N(Cc3ccccc3)[C@@H](Cc3ccccc3)C2)cc2ccccc21. The Kier molecular flexibility index (Phi) is 5.69. The zero-order valence-electron chi connectivity index (χ0n) is 18.7. The molecule has 2 amide bonds. The molecule has 0 spiro atoms. The number of benzene rings is 3. The fraction of sp³-hybridized carbons (Fsp3) is 0.214. The Bertz CT molecular complexity index is 1280. The maximum atomic E-state index is 13.5. The van der Waals surface area contributed by atoms with Crippen molar-refractivity contribution in [3.8, 4) is 0 Å². The second kappa shape index (κ2) is 8.94. The summed E-state index contributed by atoms with van der Waals surface area (Å²) in [6, 6.07) is 30.0. The molecule has 0 saturated carbocycles. The van der Waals surface area contributed by atoms with Gasteiger partial charge in [0.05, 0.1) is 6.04 Å². The first-order chi connectivity index (χ1) is 16.1. The van der Waals surface area contributed by atoms with E-state index in [9.17, 15) is 9.59 Å². The second-order valence-corrected chi connectivity index (χ2v) is 8.68. The van der Waals surface area contributed by atoms with Crippen LogP contribution in [0.2, 0.25) is 0 Å². The third-order valence-corrected chi connectivity index (χ3v) is 6.49. The van der Waals surface area contributed by atoms with E-state index in [2.05, 4.69) is 12.1 Å². The monoisotopic (exact) mass is 437 g/mol. The molecular formula is C28H27N3O2. The molecule has 0 bridgehead atoms. The van der Waals surface area contributed by atoms with Gasteiger partial charge in [0.15, 0.2) is 0 Å². The number of piperazine rings is 1. The third kappa shape index (κ3) is 4.27. The van der Waals surface area contributed by atoms with Crippen molar-refractivity contribution in [1.82, 2.24) is 14.4 Å². The smallest absolute Gasteiger partial charge is 0.271 e. The summed E-state index contributed by atoms with van der Waals surface area (Å²) >= 11 is 0.